The molecule has 1 amide bonds. The number of hydrogen-bond donors (Lipinski definition) is 1. The average molecular weight is 272 g/mol. The molecule has 20 heavy (non-hydrogen) atoms. The minimum absolute atomic E-state index is 0.0838. The Hall–Kier alpha value is -2.50. The first-order valence-electron chi connectivity index (χ1n) is 6.25. The molecule has 2 rings (SSSR count). The van der Waals surface area contributed by atoms with Crippen LogP contribution in [0.15, 0.2) is 34.2 Å². The molecule has 0 spiro atoms. The number of nitrogens with zero attached hydrogens (tertiary/aromatic N) is 3. The number of aryl methyl sites for hydroxylation is 1. The fraction of sp³-hybridized carbons (Fsp3) is 0.286. The minimum atomic E-state index is -0.343. The van der Waals surface area contributed by atoms with Gasteiger partial charge in [0, 0.05) is 5.71 Å². The van der Waals surface area contributed by atoms with Gasteiger partial charge < -0.3 is 0 Å². The Morgan fingerprint density at radius 1 is 1.35 bits per heavy atom. The van der Waals surface area contributed by atoms with Gasteiger partial charge in [0.25, 0.3) is 11.5 Å². The van der Waals surface area contributed by atoms with E-state index in [1.54, 1.807) is 26.8 Å². The Balaban J connectivity index is 2.43. The molecular weight excluding hydrogens is 256 g/mol. The third kappa shape index (κ3) is 2.90. The van der Waals surface area contributed by atoms with Crippen molar-refractivity contribution in [2.75, 3.05) is 0 Å². The third-order valence-electron chi connectivity index (χ3n) is 2.72. The van der Waals surface area contributed by atoms with Crippen LogP contribution in [0, 0.1) is 6.92 Å². The van der Waals surface area contributed by atoms with Crippen LogP contribution in [0.25, 0.3) is 11.0 Å². The number of benzene rings is 1. The number of carbonyl (C=O) groups excluding carboxylic acids is 1. The number of aromatic nitrogens is 2. The summed E-state index contributed by atoms with van der Waals surface area (Å²) in [5.41, 5.74) is 4.57. The molecule has 0 aliphatic heterocycles. The summed E-state index contributed by atoms with van der Waals surface area (Å²) in [7, 11) is 0. The van der Waals surface area contributed by atoms with Gasteiger partial charge in [-0.1, -0.05) is 12.1 Å². The lowest BCUT2D eigenvalue weighted by Gasteiger charge is -2.10. The molecule has 0 saturated carbocycles. The maximum absolute atomic E-state index is 12.1. The summed E-state index contributed by atoms with van der Waals surface area (Å²) in [5.74, 6) is -0.343. The van der Waals surface area contributed by atoms with Crippen molar-refractivity contribution in [2.45, 2.75) is 27.3 Å². The molecule has 104 valence electrons. The Labute approximate surface area is 116 Å². The molecule has 6 heteroatoms. The first-order valence-corrected chi connectivity index (χ1v) is 6.25. The minimum Gasteiger partial charge on any atom is -0.296 e. The SMILES string of the molecule is CC(C)=NNC(=O)Cn1c(=O)c(C)nc2ccccc21. The fourth-order valence-electron chi connectivity index (χ4n) is 1.83. The van der Waals surface area contributed by atoms with Crippen molar-refractivity contribution in [1.29, 1.82) is 0 Å². The molecule has 1 aromatic carbocycles. The van der Waals surface area contributed by atoms with Crippen molar-refractivity contribution in [3.05, 3.63) is 40.3 Å². The number of hydrogen-bond acceptors (Lipinski definition) is 4. The van der Waals surface area contributed by atoms with Crippen LogP contribution in [-0.2, 0) is 11.3 Å². The van der Waals surface area contributed by atoms with Gasteiger partial charge in [0.05, 0.1) is 11.0 Å². The lowest BCUT2D eigenvalue weighted by Crippen LogP contribution is -2.32. The summed E-state index contributed by atoms with van der Waals surface area (Å²) < 4.78 is 1.41. The lowest BCUT2D eigenvalue weighted by molar-refractivity contribution is -0.121. The van der Waals surface area contributed by atoms with E-state index in [2.05, 4.69) is 15.5 Å². The van der Waals surface area contributed by atoms with Crippen LogP contribution in [-0.4, -0.2) is 21.2 Å². The van der Waals surface area contributed by atoms with Gasteiger partial charge in [0.15, 0.2) is 0 Å². The number of amides is 1. The summed E-state index contributed by atoms with van der Waals surface area (Å²) in [6.07, 6.45) is 0. The second kappa shape index (κ2) is 5.64. The zero-order valence-corrected chi connectivity index (χ0v) is 11.7. The van der Waals surface area contributed by atoms with Crippen molar-refractivity contribution in [1.82, 2.24) is 15.0 Å². The molecule has 1 N–H and O–H groups in total. The molecule has 0 unspecified atom stereocenters. The summed E-state index contributed by atoms with van der Waals surface area (Å²) in [6, 6.07) is 7.23. The molecule has 0 aliphatic carbocycles. The van der Waals surface area contributed by atoms with Crippen molar-refractivity contribution in [2.24, 2.45) is 5.10 Å². The highest BCUT2D eigenvalue weighted by molar-refractivity contribution is 5.83. The zero-order valence-electron chi connectivity index (χ0n) is 11.7. The van der Waals surface area contributed by atoms with Crippen molar-refractivity contribution in [3.8, 4) is 0 Å². The summed E-state index contributed by atoms with van der Waals surface area (Å²) in [4.78, 5) is 28.2. The summed E-state index contributed by atoms with van der Waals surface area (Å²) >= 11 is 0. The van der Waals surface area contributed by atoms with Crippen LogP contribution in [0.5, 0.6) is 0 Å². The van der Waals surface area contributed by atoms with Gasteiger partial charge >= 0.3 is 0 Å². The Morgan fingerprint density at radius 3 is 2.75 bits per heavy atom. The molecule has 0 atom stereocenters. The highest BCUT2D eigenvalue weighted by atomic mass is 16.2. The van der Waals surface area contributed by atoms with E-state index in [1.807, 2.05) is 18.2 Å². The van der Waals surface area contributed by atoms with E-state index in [1.165, 1.54) is 4.57 Å². The molecular formula is C14H16N4O2. The smallest absolute Gasteiger partial charge is 0.272 e. The highest BCUT2D eigenvalue weighted by Crippen LogP contribution is 2.09. The average Bonchev–Trinajstić information content (AvgIpc) is 2.41. The maximum atomic E-state index is 12.1. The topological polar surface area (TPSA) is 76.3 Å². The normalized spacial score (nSPS) is 10.3. The van der Waals surface area contributed by atoms with Crippen LogP contribution in [0.4, 0.5) is 0 Å². The van der Waals surface area contributed by atoms with Crippen LogP contribution >= 0.6 is 0 Å². The Morgan fingerprint density at radius 2 is 2.05 bits per heavy atom. The standard InChI is InChI=1S/C14H16N4O2/c1-9(2)16-17-13(19)8-18-12-7-5-4-6-11(12)15-10(3)14(18)20/h4-7H,8H2,1-3H3,(H,17,19). The predicted octanol–water partition coefficient (Wildman–Crippen LogP) is 1.22. The molecule has 6 nitrogen and oxygen atoms in total. The van der Waals surface area contributed by atoms with E-state index in [4.69, 9.17) is 0 Å². The van der Waals surface area contributed by atoms with Crippen LogP contribution in [0.1, 0.15) is 19.5 Å². The van der Waals surface area contributed by atoms with Crippen LogP contribution < -0.4 is 11.0 Å². The van der Waals surface area contributed by atoms with E-state index >= 15 is 0 Å². The quantitative estimate of drug-likeness (QED) is 0.674. The van der Waals surface area contributed by atoms with Crippen molar-refractivity contribution >= 4 is 22.7 Å². The molecule has 0 radical (unpaired) electrons. The Kier molecular flexibility index (Phi) is 3.93. The highest BCUT2D eigenvalue weighted by Gasteiger charge is 2.10. The van der Waals surface area contributed by atoms with Gasteiger partial charge in [-0.05, 0) is 32.9 Å². The molecule has 1 aromatic heterocycles. The number of para-hydroxylation sites is 2. The summed E-state index contributed by atoms with van der Waals surface area (Å²) in [5, 5.41) is 3.84. The van der Waals surface area contributed by atoms with Gasteiger partial charge in [-0.25, -0.2) is 10.4 Å². The first-order chi connectivity index (χ1) is 9.49. The van der Waals surface area contributed by atoms with E-state index < -0.39 is 0 Å². The van der Waals surface area contributed by atoms with Gasteiger partial charge in [0.1, 0.15) is 12.2 Å². The van der Waals surface area contributed by atoms with Gasteiger partial charge in [0.2, 0.25) is 0 Å². The largest absolute Gasteiger partial charge is 0.296 e. The lowest BCUT2D eigenvalue weighted by atomic mass is 10.2. The monoisotopic (exact) mass is 272 g/mol. The van der Waals surface area contributed by atoms with E-state index in [0.29, 0.717) is 16.7 Å². The van der Waals surface area contributed by atoms with E-state index in [0.717, 1.165) is 5.71 Å². The van der Waals surface area contributed by atoms with E-state index in [-0.39, 0.29) is 18.0 Å². The van der Waals surface area contributed by atoms with Gasteiger partial charge in [-0.15, -0.1) is 0 Å². The van der Waals surface area contributed by atoms with Crippen LogP contribution in [0.2, 0.25) is 0 Å². The van der Waals surface area contributed by atoms with Crippen LogP contribution in [0.3, 0.4) is 0 Å². The van der Waals surface area contributed by atoms with Gasteiger partial charge in [-0.2, -0.15) is 5.10 Å². The number of hydrazone groups is 1. The van der Waals surface area contributed by atoms with Gasteiger partial charge in [-0.3, -0.25) is 14.2 Å². The second-order valence-electron chi connectivity index (χ2n) is 4.67. The number of carbonyl (C=O) groups is 1. The zero-order chi connectivity index (χ0) is 14.7. The number of rotatable bonds is 3. The molecule has 0 fully saturated rings. The van der Waals surface area contributed by atoms with E-state index in [9.17, 15) is 9.59 Å². The fourth-order valence-corrected chi connectivity index (χ4v) is 1.83. The maximum Gasteiger partial charge on any atom is 0.272 e. The van der Waals surface area contributed by atoms with Crippen molar-refractivity contribution in [3.63, 3.8) is 0 Å². The first kappa shape index (κ1) is 13.9. The molecule has 0 bridgehead atoms. The third-order valence-corrected chi connectivity index (χ3v) is 2.72. The second-order valence-corrected chi connectivity index (χ2v) is 4.67. The predicted molar refractivity (Wildman–Crippen MR) is 77.7 cm³/mol. The molecule has 0 saturated heterocycles. The molecule has 2 aromatic rings. The van der Waals surface area contributed by atoms with Crippen molar-refractivity contribution < 1.29 is 4.79 Å². The molecule has 0 aliphatic rings. The molecule has 1 heterocycles. The Bertz CT molecular complexity index is 742. The number of fused-ring (bicyclic) bond motifs is 1. The number of nitrogens with one attached hydrogen (secondary N) is 1. The summed E-state index contributed by atoms with van der Waals surface area (Å²) in [6.45, 7) is 5.11.